The third-order valence-corrected chi connectivity index (χ3v) is 3.65. The summed E-state index contributed by atoms with van der Waals surface area (Å²) in [5, 5.41) is 0. The quantitative estimate of drug-likeness (QED) is 0.716. The molecule has 0 spiro atoms. The van der Waals surface area contributed by atoms with Crippen LogP contribution in [0.3, 0.4) is 0 Å². The first-order valence-corrected chi connectivity index (χ1v) is 6.56. The number of rotatable bonds is 4. The molecule has 1 heterocycles. The van der Waals surface area contributed by atoms with Gasteiger partial charge in [-0.2, -0.15) is 11.8 Å². The van der Waals surface area contributed by atoms with Gasteiger partial charge in [-0.1, -0.05) is 0 Å². The summed E-state index contributed by atoms with van der Waals surface area (Å²) >= 11 is 2.07. The predicted molar refractivity (Wildman–Crippen MR) is 64.1 cm³/mol. The lowest BCUT2D eigenvalue weighted by Crippen LogP contribution is -2.35. The number of ether oxygens (including phenoxy) is 1. The number of likely N-dealkylation sites (N-methyl/N-ethyl adjacent to an activating group) is 1. The number of nitrogens with zero attached hydrogens (tertiary/aromatic N) is 1. The van der Waals surface area contributed by atoms with Gasteiger partial charge in [0.1, 0.15) is 0 Å². The van der Waals surface area contributed by atoms with Crippen LogP contribution in [0.25, 0.3) is 0 Å². The van der Waals surface area contributed by atoms with Crippen molar-refractivity contribution in [3.63, 3.8) is 0 Å². The van der Waals surface area contributed by atoms with E-state index in [2.05, 4.69) is 44.5 Å². The largest absolute Gasteiger partial charge is 0.375 e. The van der Waals surface area contributed by atoms with E-state index in [0.29, 0.717) is 0 Å². The van der Waals surface area contributed by atoms with Crippen molar-refractivity contribution in [2.24, 2.45) is 0 Å². The fourth-order valence-electron chi connectivity index (χ4n) is 1.55. The second kappa shape index (κ2) is 5.38. The lowest BCUT2D eigenvalue weighted by molar-refractivity contribution is -0.0135. The summed E-state index contributed by atoms with van der Waals surface area (Å²) in [7, 11) is 2.21. The van der Waals surface area contributed by atoms with Crippen LogP contribution in [0.5, 0.6) is 0 Å². The normalized spacial score (nSPS) is 23.4. The topological polar surface area (TPSA) is 12.5 Å². The van der Waals surface area contributed by atoms with Crippen molar-refractivity contribution in [2.75, 3.05) is 31.7 Å². The molecule has 0 bridgehead atoms. The molecule has 0 amide bonds. The van der Waals surface area contributed by atoms with Crippen LogP contribution in [0.2, 0.25) is 0 Å². The van der Waals surface area contributed by atoms with Gasteiger partial charge >= 0.3 is 0 Å². The fourth-order valence-corrected chi connectivity index (χ4v) is 2.85. The van der Waals surface area contributed by atoms with Gasteiger partial charge in [0.25, 0.3) is 0 Å². The minimum atomic E-state index is 0.00522. The fraction of sp³-hybridized carbons (Fsp3) is 1.00. The molecule has 1 atom stereocenters. The number of thioether (sulfide) groups is 1. The molecule has 3 heteroatoms. The van der Waals surface area contributed by atoms with Crippen LogP contribution in [0.15, 0.2) is 0 Å². The molecule has 0 aliphatic carbocycles. The molecule has 0 saturated carbocycles. The zero-order valence-corrected chi connectivity index (χ0v) is 10.7. The van der Waals surface area contributed by atoms with Gasteiger partial charge in [-0.15, -0.1) is 0 Å². The first-order valence-electron chi connectivity index (χ1n) is 5.41. The summed E-state index contributed by atoms with van der Waals surface area (Å²) in [5.41, 5.74) is 0.00522. The first kappa shape index (κ1) is 12.3. The third kappa shape index (κ3) is 4.67. The second-order valence-electron chi connectivity index (χ2n) is 4.96. The maximum absolute atomic E-state index is 5.71. The Hall–Kier alpha value is 0.270. The minimum absolute atomic E-state index is 0.00522. The molecule has 1 aliphatic rings. The average Bonchev–Trinajstić information content (AvgIpc) is 2.53. The molecule has 0 aromatic carbocycles. The van der Waals surface area contributed by atoms with Gasteiger partial charge in [0.05, 0.1) is 12.2 Å². The SMILES string of the molecule is CN(CCOC(C)(C)C)[C@@H]1CCSC1. The highest BCUT2D eigenvalue weighted by Gasteiger charge is 2.20. The summed E-state index contributed by atoms with van der Waals surface area (Å²) in [6.07, 6.45) is 1.34. The van der Waals surface area contributed by atoms with Gasteiger partial charge < -0.3 is 9.64 Å². The molecule has 0 aromatic rings. The van der Waals surface area contributed by atoms with E-state index in [-0.39, 0.29) is 5.60 Å². The van der Waals surface area contributed by atoms with Gasteiger partial charge in [-0.05, 0) is 40.0 Å². The molecule has 0 unspecified atom stereocenters. The third-order valence-electron chi connectivity index (χ3n) is 2.51. The van der Waals surface area contributed by atoms with E-state index in [9.17, 15) is 0 Å². The Bertz CT molecular complexity index is 161. The maximum Gasteiger partial charge on any atom is 0.0600 e. The second-order valence-corrected chi connectivity index (χ2v) is 6.11. The standard InChI is InChI=1S/C11H23NOS/c1-11(2,3)13-7-6-12(4)10-5-8-14-9-10/h10H,5-9H2,1-4H3/t10-/m1/s1. The highest BCUT2D eigenvalue weighted by molar-refractivity contribution is 7.99. The molecule has 84 valence electrons. The molecule has 1 aliphatic heterocycles. The smallest absolute Gasteiger partial charge is 0.0600 e. The molecular formula is C11H23NOS. The van der Waals surface area contributed by atoms with Crippen LogP contribution in [-0.2, 0) is 4.74 Å². The van der Waals surface area contributed by atoms with Crippen molar-refractivity contribution in [1.29, 1.82) is 0 Å². The van der Waals surface area contributed by atoms with Crippen molar-refractivity contribution in [3.05, 3.63) is 0 Å². The Balaban J connectivity index is 2.11. The van der Waals surface area contributed by atoms with Crippen molar-refractivity contribution < 1.29 is 4.74 Å². The average molecular weight is 217 g/mol. The van der Waals surface area contributed by atoms with E-state index in [1.54, 1.807) is 0 Å². The Morgan fingerprint density at radius 1 is 1.43 bits per heavy atom. The predicted octanol–water partition coefficient (Wildman–Crippen LogP) is 2.24. The van der Waals surface area contributed by atoms with Crippen molar-refractivity contribution in [2.45, 2.75) is 38.8 Å². The summed E-state index contributed by atoms with van der Waals surface area (Å²) in [6.45, 7) is 8.24. The van der Waals surface area contributed by atoms with Gasteiger partial charge in [0.15, 0.2) is 0 Å². The molecule has 2 nitrogen and oxygen atoms in total. The molecule has 0 radical (unpaired) electrons. The summed E-state index contributed by atoms with van der Waals surface area (Å²) in [4.78, 5) is 2.44. The van der Waals surface area contributed by atoms with E-state index < -0.39 is 0 Å². The minimum Gasteiger partial charge on any atom is -0.375 e. The zero-order valence-electron chi connectivity index (χ0n) is 9.88. The summed E-state index contributed by atoms with van der Waals surface area (Å²) < 4.78 is 5.71. The van der Waals surface area contributed by atoms with E-state index in [4.69, 9.17) is 4.74 Å². The number of hydrogen-bond acceptors (Lipinski definition) is 3. The molecular weight excluding hydrogens is 194 g/mol. The van der Waals surface area contributed by atoms with Gasteiger partial charge in [0, 0.05) is 18.3 Å². The van der Waals surface area contributed by atoms with Crippen molar-refractivity contribution >= 4 is 11.8 Å². The Labute approximate surface area is 92.4 Å². The van der Waals surface area contributed by atoms with E-state index in [0.717, 1.165) is 19.2 Å². The Kier molecular flexibility index (Phi) is 4.74. The highest BCUT2D eigenvalue weighted by Crippen LogP contribution is 2.21. The zero-order chi connectivity index (χ0) is 10.6. The van der Waals surface area contributed by atoms with Crippen LogP contribution < -0.4 is 0 Å². The van der Waals surface area contributed by atoms with Crippen LogP contribution in [0, 0.1) is 0 Å². The lowest BCUT2D eigenvalue weighted by Gasteiger charge is -2.26. The molecule has 1 fully saturated rings. The Morgan fingerprint density at radius 2 is 2.14 bits per heavy atom. The van der Waals surface area contributed by atoms with Crippen molar-refractivity contribution in [3.8, 4) is 0 Å². The van der Waals surface area contributed by atoms with Gasteiger partial charge in [-0.3, -0.25) is 0 Å². The first-order chi connectivity index (χ1) is 6.49. The van der Waals surface area contributed by atoms with Gasteiger partial charge in [0.2, 0.25) is 0 Å². The monoisotopic (exact) mass is 217 g/mol. The van der Waals surface area contributed by atoms with Crippen LogP contribution in [0.1, 0.15) is 27.2 Å². The molecule has 0 N–H and O–H groups in total. The van der Waals surface area contributed by atoms with Gasteiger partial charge in [-0.25, -0.2) is 0 Å². The van der Waals surface area contributed by atoms with E-state index in [1.807, 2.05) is 0 Å². The number of hydrogen-bond donors (Lipinski definition) is 0. The summed E-state index contributed by atoms with van der Waals surface area (Å²) in [6, 6.07) is 0.781. The lowest BCUT2D eigenvalue weighted by atomic mass is 10.2. The van der Waals surface area contributed by atoms with Crippen LogP contribution in [0.4, 0.5) is 0 Å². The molecule has 0 aromatic heterocycles. The van der Waals surface area contributed by atoms with Crippen LogP contribution in [-0.4, -0.2) is 48.2 Å². The van der Waals surface area contributed by atoms with Crippen molar-refractivity contribution in [1.82, 2.24) is 4.90 Å². The maximum atomic E-state index is 5.71. The molecule has 1 saturated heterocycles. The van der Waals surface area contributed by atoms with E-state index in [1.165, 1.54) is 17.9 Å². The molecule has 14 heavy (non-hydrogen) atoms. The summed E-state index contributed by atoms with van der Waals surface area (Å²) in [5.74, 6) is 2.63. The van der Waals surface area contributed by atoms with E-state index >= 15 is 0 Å². The van der Waals surface area contributed by atoms with Crippen LogP contribution >= 0.6 is 11.8 Å². The Morgan fingerprint density at radius 3 is 2.64 bits per heavy atom. The highest BCUT2D eigenvalue weighted by atomic mass is 32.2. The molecule has 1 rings (SSSR count).